The summed E-state index contributed by atoms with van der Waals surface area (Å²) in [6, 6.07) is 0. The topological polar surface area (TPSA) is 26.3 Å². The molecule has 0 saturated carbocycles. The van der Waals surface area contributed by atoms with E-state index in [0.29, 0.717) is 0 Å². The number of hydrogen-bond donors (Lipinski definition) is 1. The van der Waals surface area contributed by atoms with E-state index in [1.54, 1.807) is 11.8 Å². The standard InChI is InChI=1S/C28H59O2PS4/c1-5-7-9-11-13-15-17-19-21-23-25-33-27(3)30-31(29,32)35-28(4)34-26-24-22-20-18-16-14-12-10-8-6-2/h27-28H,5-26H2,1-4H3,(H,29,32). The Morgan fingerprint density at radius 3 is 1.34 bits per heavy atom. The summed E-state index contributed by atoms with van der Waals surface area (Å²) < 4.78 is 18.9. The smallest absolute Gasteiger partial charge is 0.300 e. The molecule has 0 aliphatic heterocycles. The number of hydrogen-bond acceptors (Lipinski definition) is 5. The largest absolute Gasteiger partial charge is 0.312 e. The van der Waals surface area contributed by atoms with Gasteiger partial charge in [-0.05, 0) is 49.6 Å². The van der Waals surface area contributed by atoms with E-state index in [9.17, 15) is 4.57 Å². The van der Waals surface area contributed by atoms with Gasteiger partial charge in [0.25, 0.3) is 0 Å². The normalized spacial score (nSPS) is 15.2. The summed E-state index contributed by atoms with van der Waals surface area (Å²) in [5.41, 5.74) is -0.0522. The van der Waals surface area contributed by atoms with Crippen molar-refractivity contribution in [2.45, 2.75) is 166 Å². The highest BCUT2D eigenvalue weighted by atomic mass is 33.1. The van der Waals surface area contributed by atoms with Crippen molar-refractivity contribution in [2.24, 2.45) is 0 Å². The van der Waals surface area contributed by atoms with Crippen LogP contribution >= 0.6 is 52.9 Å². The van der Waals surface area contributed by atoms with Crippen LogP contribution in [0.2, 0.25) is 0 Å². The number of rotatable bonds is 28. The second-order valence-corrected chi connectivity index (χ2v) is 19.6. The molecule has 2 nitrogen and oxygen atoms in total. The van der Waals surface area contributed by atoms with Crippen LogP contribution in [0.3, 0.4) is 0 Å². The third-order valence-electron chi connectivity index (χ3n) is 6.26. The van der Waals surface area contributed by atoms with E-state index in [1.807, 2.05) is 18.7 Å². The molecule has 0 bridgehead atoms. The first-order valence-corrected chi connectivity index (χ1v) is 21.2. The molecule has 0 heterocycles. The van der Waals surface area contributed by atoms with Gasteiger partial charge in [0.1, 0.15) is 5.44 Å². The molecule has 0 spiro atoms. The van der Waals surface area contributed by atoms with Crippen molar-refractivity contribution < 1.29 is 9.09 Å². The predicted molar refractivity (Wildman–Crippen MR) is 173 cm³/mol. The zero-order valence-corrected chi connectivity index (χ0v) is 27.9. The highest BCUT2D eigenvalue weighted by Crippen LogP contribution is 2.67. The summed E-state index contributed by atoms with van der Waals surface area (Å²) in [5.74, 6) is -0.677. The molecule has 3 atom stereocenters. The van der Waals surface area contributed by atoms with Gasteiger partial charge in [0.2, 0.25) is 0 Å². The summed E-state index contributed by atoms with van der Waals surface area (Å²) in [4.78, 5) is 0. The molecule has 212 valence electrons. The van der Waals surface area contributed by atoms with Gasteiger partial charge in [-0.2, -0.15) is 0 Å². The highest BCUT2D eigenvalue weighted by Gasteiger charge is 2.25. The monoisotopic (exact) mass is 586 g/mol. The SMILES string of the molecule is CCCCCCCCCCCCSC(C)OP(=O)(S)SC(C)SCCCCCCCCCCCC. The summed E-state index contributed by atoms with van der Waals surface area (Å²) in [6.45, 7) is 8.71. The van der Waals surface area contributed by atoms with Crippen LogP contribution in [-0.2, 0) is 9.09 Å². The lowest BCUT2D eigenvalue weighted by atomic mass is 10.1. The third kappa shape index (κ3) is 28.4. The van der Waals surface area contributed by atoms with Gasteiger partial charge < -0.3 is 0 Å². The first kappa shape index (κ1) is 36.6. The molecular weight excluding hydrogens is 528 g/mol. The summed E-state index contributed by atoms with van der Waals surface area (Å²) >= 11 is 9.50. The Kier molecular flexibility index (Phi) is 28.4. The molecule has 0 rings (SSSR count). The molecule has 0 aromatic rings. The van der Waals surface area contributed by atoms with Crippen molar-refractivity contribution in [2.75, 3.05) is 11.5 Å². The molecule has 0 aliphatic rings. The van der Waals surface area contributed by atoms with E-state index in [-0.39, 0.29) is 10.0 Å². The van der Waals surface area contributed by atoms with E-state index < -0.39 is 5.77 Å². The average molecular weight is 587 g/mol. The molecule has 0 aromatic carbocycles. The van der Waals surface area contributed by atoms with Gasteiger partial charge in [-0.3, -0.25) is 9.09 Å². The van der Waals surface area contributed by atoms with Gasteiger partial charge in [0, 0.05) is 0 Å². The quantitative estimate of drug-likeness (QED) is 0.0426. The van der Waals surface area contributed by atoms with Gasteiger partial charge in [0.15, 0.2) is 0 Å². The maximum atomic E-state index is 12.8. The molecule has 0 N–H and O–H groups in total. The van der Waals surface area contributed by atoms with Crippen LogP contribution in [0.4, 0.5) is 0 Å². The van der Waals surface area contributed by atoms with Crippen molar-refractivity contribution in [3.8, 4) is 0 Å². The minimum Gasteiger partial charge on any atom is -0.300 e. The maximum Gasteiger partial charge on any atom is 0.312 e. The van der Waals surface area contributed by atoms with E-state index >= 15 is 0 Å². The second-order valence-electron chi connectivity index (χ2n) is 9.92. The first-order valence-electron chi connectivity index (χ1n) is 14.8. The van der Waals surface area contributed by atoms with Crippen molar-refractivity contribution in [1.29, 1.82) is 0 Å². The molecule has 0 aromatic heterocycles. The van der Waals surface area contributed by atoms with Crippen LogP contribution in [-0.4, -0.2) is 21.5 Å². The lowest BCUT2D eigenvalue weighted by Crippen LogP contribution is -2.01. The Hall–Kier alpha value is 1.59. The molecule has 35 heavy (non-hydrogen) atoms. The molecule has 3 unspecified atom stereocenters. The van der Waals surface area contributed by atoms with Crippen molar-refractivity contribution in [3.63, 3.8) is 0 Å². The van der Waals surface area contributed by atoms with E-state index in [2.05, 4.69) is 33.0 Å². The minimum absolute atomic E-state index is 0.0522. The van der Waals surface area contributed by atoms with Crippen LogP contribution in [0.5, 0.6) is 0 Å². The van der Waals surface area contributed by atoms with Crippen molar-refractivity contribution >= 4 is 52.9 Å². The Balaban J connectivity index is 3.60. The Bertz CT molecular complexity index is 444. The van der Waals surface area contributed by atoms with Crippen LogP contribution < -0.4 is 0 Å². The van der Waals surface area contributed by atoms with Gasteiger partial charge in [-0.1, -0.05) is 142 Å². The molecule has 0 saturated heterocycles. The Labute approximate surface area is 238 Å². The van der Waals surface area contributed by atoms with Crippen LogP contribution in [0, 0.1) is 0 Å². The van der Waals surface area contributed by atoms with Crippen molar-refractivity contribution in [3.05, 3.63) is 0 Å². The predicted octanol–water partition coefficient (Wildman–Crippen LogP) is 12.8. The highest BCUT2D eigenvalue weighted by molar-refractivity contribution is 8.85. The molecule has 7 heteroatoms. The van der Waals surface area contributed by atoms with E-state index in [4.69, 9.17) is 4.52 Å². The van der Waals surface area contributed by atoms with E-state index in [0.717, 1.165) is 11.5 Å². The third-order valence-corrected chi connectivity index (χ3v) is 13.9. The molecule has 0 aliphatic carbocycles. The fraction of sp³-hybridized carbons (Fsp3) is 1.00. The Morgan fingerprint density at radius 1 is 0.600 bits per heavy atom. The summed E-state index contributed by atoms with van der Waals surface area (Å²) in [6.07, 6.45) is 27.3. The zero-order valence-electron chi connectivity index (χ0n) is 23.6. The average Bonchev–Trinajstić information content (AvgIpc) is 2.80. The summed E-state index contributed by atoms with van der Waals surface area (Å²) in [7, 11) is 0. The lowest BCUT2D eigenvalue weighted by molar-refractivity contribution is 0.326. The second kappa shape index (κ2) is 27.2. The van der Waals surface area contributed by atoms with E-state index in [1.165, 1.54) is 140 Å². The van der Waals surface area contributed by atoms with Gasteiger partial charge in [-0.25, -0.2) is 0 Å². The van der Waals surface area contributed by atoms with Gasteiger partial charge in [0.05, 0.1) is 4.58 Å². The fourth-order valence-corrected chi connectivity index (χ4v) is 13.3. The molecular formula is C28H59O2PS4. The summed E-state index contributed by atoms with van der Waals surface area (Å²) in [5, 5.41) is 0. The van der Waals surface area contributed by atoms with Gasteiger partial charge >= 0.3 is 5.77 Å². The zero-order chi connectivity index (χ0) is 26.0. The molecule has 0 fully saturated rings. The maximum absolute atomic E-state index is 12.8. The van der Waals surface area contributed by atoms with Crippen LogP contribution in [0.15, 0.2) is 0 Å². The number of thioether (sulfide) groups is 2. The van der Waals surface area contributed by atoms with Crippen LogP contribution in [0.1, 0.15) is 156 Å². The van der Waals surface area contributed by atoms with Crippen LogP contribution in [0.25, 0.3) is 0 Å². The number of thiol groups is 1. The lowest BCUT2D eigenvalue weighted by Gasteiger charge is -2.20. The number of unbranched alkanes of at least 4 members (excludes halogenated alkanes) is 18. The fourth-order valence-electron chi connectivity index (χ4n) is 4.14. The Morgan fingerprint density at radius 2 is 0.943 bits per heavy atom. The molecule has 0 radical (unpaired) electrons. The molecule has 0 amide bonds. The van der Waals surface area contributed by atoms with Crippen molar-refractivity contribution in [1.82, 2.24) is 0 Å². The minimum atomic E-state index is -2.90. The first-order chi connectivity index (χ1) is 16.9. The van der Waals surface area contributed by atoms with Gasteiger partial charge in [-0.15, -0.1) is 23.5 Å².